The maximum Gasteiger partial charge on any atom is 0.228 e. The van der Waals surface area contributed by atoms with Gasteiger partial charge in [-0.25, -0.2) is 0 Å². The number of hydrogen-bond acceptors (Lipinski definition) is 1. The molecule has 3 heteroatoms. The predicted molar refractivity (Wildman–Crippen MR) is 56.5 cm³/mol. The number of amides is 1. The van der Waals surface area contributed by atoms with Crippen molar-refractivity contribution in [3.05, 3.63) is 41.8 Å². The van der Waals surface area contributed by atoms with Crippen LogP contribution in [0.5, 0.6) is 0 Å². The van der Waals surface area contributed by atoms with E-state index >= 15 is 0 Å². The summed E-state index contributed by atoms with van der Waals surface area (Å²) in [6.45, 7) is 0.494. The maximum atomic E-state index is 13.6. The van der Waals surface area contributed by atoms with Crippen LogP contribution in [0.1, 0.15) is 18.4 Å². The summed E-state index contributed by atoms with van der Waals surface area (Å²) >= 11 is 0. The molecule has 0 aliphatic carbocycles. The lowest BCUT2D eigenvalue weighted by molar-refractivity contribution is -0.126. The van der Waals surface area contributed by atoms with E-state index in [1.165, 1.54) is 11.0 Å². The highest BCUT2D eigenvalue weighted by Gasteiger charge is 2.23. The van der Waals surface area contributed by atoms with Gasteiger partial charge in [-0.05, 0) is 18.1 Å². The summed E-state index contributed by atoms with van der Waals surface area (Å²) < 4.78 is 13.6. The van der Waals surface area contributed by atoms with Crippen LogP contribution in [0.2, 0.25) is 0 Å². The third-order valence-electron chi connectivity index (χ3n) is 2.42. The highest BCUT2D eigenvalue weighted by molar-refractivity contribution is 5.80. The molecule has 0 bridgehead atoms. The molecule has 15 heavy (non-hydrogen) atoms. The first kappa shape index (κ1) is 9.90. The number of hydrogen-bond donors (Lipinski definition) is 0. The fraction of sp³-hybridized carbons (Fsp3) is 0.250. The Morgan fingerprint density at radius 3 is 2.67 bits per heavy atom. The van der Waals surface area contributed by atoms with E-state index in [1.54, 1.807) is 12.1 Å². The minimum absolute atomic E-state index is 0.125. The van der Waals surface area contributed by atoms with E-state index in [-0.39, 0.29) is 5.91 Å². The van der Waals surface area contributed by atoms with Crippen molar-refractivity contribution in [3.63, 3.8) is 0 Å². The molecule has 2 rings (SSSR count). The van der Waals surface area contributed by atoms with Crippen LogP contribution in [0.4, 0.5) is 4.39 Å². The van der Waals surface area contributed by atoms with Crippen molar-refractivity contribution in [2.24, 2.45) is 0 Å². The lowest BCUT2D eigenvalue weighted by Gasteiger charge is -2.11. The largest absolute Gasteiger partial charge is 0.289 e. The van der Waals surface area contributed by atoms with Gasteiger partial charge in [0.25, 0.3) is 0 Å². The van der Waals surface area contributed by atoms with E-state index in [9.17, 15) is 9.18 Å². The average Bonchev–Trinajstić information content (AvgIpc) is 2.66. The molecule has 1 aliphatic rings. The van der Waals surface area contributed by atoms with Crippen molar-refractivity contribution in [1.82, 2.24) is 4.90 Å². The minimum Gasteiger partial charge on any atom is -0.289 e. The second kappa shape index (κ2) is 4.26. The fourth-order valence-corrected chi connectivity index (χ4v) is 1.64. The van der Waals surface area contributed by atoms with Gasteiger partial charge in [-0.3, -0.25) is 9.69 Å². The minimum atomic E-state index is -0.455. The molecule has 2 nitrogen and oxygen atoms in total. The number of halogens is 1. The van der Waals surface area contributed by atoms with Crippen molar-refractivity contribution >= 4 is 12.0 Å². The monoisotopic (exact) mass is 205 g/mol. The van der Waals surface area contributed by atoms with Gasteiger partial charge in [0.2, 0.25) is 5.91 Å². The first-order chi connectivity index (χ1) is 7.27. The lowest BCUT2D eigenvalue weighted by atomic mass is 10.2. The van der Waals surface area contributed by atoms with Crippen LogP contribution in [0, 0.1) is 0 Å². The quantitative estimate of drug-likeness (QED) is 0.679. The second-order valence-electron chi connectivity index (χ2n) is 3.53. The van der Waals surface area contributed by atoms with Gasteiger partial charge in [0, 0.05) is 13.0 Å². The molecule has 1 saturated heterocycles. The van der Waals surface area contributed by atoms with Crippen LogP contribution in [0.15, 0.2) is 36.3 Å². The Kier molecular flexibility index (Phi) is 2.81. The Morgan fingerprint density at radius 1 is 1.33 bits per heavy atom. The van der Waals surface area contributed by atoms with E-state index in [0.29, 0.717) is 13.0 Å². The zero-order valence-electron chi connectivity index (χ0n) is 8.32. The molecule has 1 aliphatic heterocycles. The molecule has 0 spiro atoms. The molecule has 0 saturated carbocycles. The summed E-state index contributed by atoms with van der Waals surface area (Å²) in [6, 6.07) is 9.16. The van der Waals surface area contributed by atoms with E-state index in [2.05, 4.69) is 0 Å². The Balaban J connectivity index is 2.17. The SMILES string of the molecule is O=C1CCCN1/C(F)=C\c1ccccc1. The van der Waals surface area contributed by atoms with Crippen molar-refractivity contribution < 1.29 is 9.18 Å². The molecule has 1 fully saturated rings. The van der Waals surface area contributed by atoms with Crippen molar-refractivity contribution in [1.29, 1.82) is 0 Å². The lowest BCUT2D eigenvalue weighted by Crippen LogP contribution is -2.21. The van der Waals surface area contributed by atoms with Crippen LogP contribution in [-0.2, 0) is 4.79 Å². The maximum absolute atomic E-state index is 13.6. The molecular weight excluding hydrogens is 193 g/mol. The normalized spacial score (nSPS) is 17.3. The molecule has 0 N–H and O–H groups in total. The standard InChI is InChI=1S/C12H12FNO/c13-11(14-8-4-7-12(14)15)9-10-5-2-1-3-6-10/h1-3,5-6,9H,4,7-8H2/b11-9-. The summed E-state index contributed by atoms with van der Waals surface area (Å²) in [6.07, 6.45) is 2.59. The van der Waals surface area contributed by atoms with Crippen LogP contribution in [0.3, 0.4) is 0 Å². The number of carbonyl (C=O) groups is 1. The van der Waals surface area contributed by atoms with Crippen molar-refractivity contribution in [2.45, 2.75) is 12.8 Å². The third kappa shape index (κ3) is 2.24. The summed E-state index contributed by atoms with van der Waals surface area (Å²) in [7, 11) is 0. The highest BCUT2D eigenvalue weighted by Crippen LogP contribution is 2.19. The van der Waals surface area contributed by atoms with Gasteiger partial charge >= 0.3 is 0 Å². The number of benzene rings is 1. The van der Waals surface area contributed by atoms with Gasteiger partial charge < -0.3 is 0 Å². The fourth-order valence-electron chi connectivity index (χ4n) is 1.64. The molecule has 0 aromatic heterocycles. The van der Waals surface area contributed by atoms with E-state index in [1.807, 2.05) is 18.2 Å². The summed E-state index contributed by atoms with van der Waals surface area (Å²) in [5, 5.41) is 0. The van der Waals surface area contributed by atoms with E-state index in [0.717, 1.165) is 12.0 Å². The summed E-state index contributed by atoms with van der Waals surface area (Å²) in [5.74, 6) is -0.580. The van der Waals surface area contributed by atoms with Gasteiger partial charge in [-0.2, -0.15) is 4.39 Å². The molecule has 0 atom stereocenters. The summed E-state index contributed by atoms with van der Waals surface area (Å²) in [4.78, 5) is 12.5. The molecular formula is C12H12FNO. The van der Waals surface area contributed by atoms with Gasteiger partial charge in [0.05, 0.1) is 0 Å². The average molecular weight is 205 g/mol. The Bertz CT molecular complexity index is 386. The van der Waals surface area contributed by atoms with Gasteiger partial charge in [0.15, 0.2) is 5.95 Å². The zero-order valence-corrected chi connectivity index (χ0v) is 8.32. The van der Waals surface area contributed by atoms with Gasteiger partial charge in [-0.1, -0.05) is 30.3 Å². The zero-order chi connectivity index (χ0) is 10.7. The molecule has 1 aromatic carbocycles. The molecule has 78 valence electrons. The van der Waals surface area contributed by atoms with Gasteiger partial charge in [0.1, 0.15) is 0 Å². The second-order valence-corrected chi connectivity index (χ2v) is 3.53. The molecule has 1 aromatic rings. The van der Waals surface area contributed by atoms with Crippen LogP contribution >= 0.6 is 0 Å². The van der Waals surface area contributed by atoms with E-state index < -0.39 is 5.95 Å². The molecule has 1 heterocycles. The molecule has 0 unspecified atom stereocenters. The number of nitrogens with zero attached hydrogens (tertiary/aromatic N) is 1. The highest BCUT2D eigenvalue weighted by atomic mass is 19.1. The van der Waals surface area contributed by atoms with Crippen molar-refractivity contribution in [3.8, 4) is 0 Å². The Hall–Kier alpha value is -1.64. The first-order valence-corrected chi connectivity index (χ1v) is 5.00. The Labute approximate surface area is 88.0 Å². The van der Waals surface area contributed by atoms with Gasteiger partial charge in [-0.15, -0.1) is 0 Å². The third-order valence-corrected chi connectivity index (χ3v) is 2.42. The smallest absolute Gasteiger partial charge is 0.228 e. The number of likely N-dealkylation sites (tertiary alicyclic amines) is 1. The number of carbonyl (C=O) groups excluding carboxylic acids is 1. The van der Waals surface area contributed by atoms with Crippen LogP contribution in [-0.4, -0.2) is 17.4 Å². The number of rotatable bonds is 2. The van der Waals surface area contributed by atoms with Crippen LogP contribution < -0.4 is 0 Å². The van der Waals surface area contributed by atoms with Crippen molar-refractivity contribution in [2.75, 3.05) is 6.54 Å². The van der Waals surface area contributed by atoms with Crippen LogP contribution in [0.25, 0.3) is 6.08 Å². The first-order valence-electron chi connectivity index (χ1n) is 5.00. The Morgan fingerprint density at radius 2 is 2.07 bits per heavy atom. The topological polar surface area (TPSA) is 20.3 Å². The molecule has 0 radical (unpaired) electrons. The summed E-state index contributed by atoms with van der Waals surface area (Å²) in [5.41, 5.74) is 0.773. The predicted octanol–water partition coefficient (Wildman–Crippen LogP) is 2.58. The molecule has 1 amide bonds. The van der Waals surface area contributed by atoms with E-state index in [4.69, 9.17) is 0 Å².